The van der Waals surface area contributed by atoms with Crippen molar-refractivity contribution in [1.82, 2.24) is 14.9 Å². The molecule has 166 valence electrons. The van der Waals surface area contributed by atoms with Gasteiger partial charge in [-0.1, -0.05) is 18.2 Å². The molecule has 0 aliphatic carbocycles. The fraction of sp³-hybridized carbons (Fsp3) is 0.261. The predicted octanol–water partition coefficient (Wildman–Crippen LogP) is 4.87. The van der Waals surface area contributed by atoms with Crippen LogP contribution >= 0.6 is 22.9 Å². The summed E-state index contributed by atoms with van der Waals surface area (Å²) in [5.41, 5.74) is 3.17. The number of hydrogen-bond donors (Lipinski definition) is 2. The lowest BCUT2D eigenvalue weighted by Gasteiger charge is -2.26. The number of ether oxygens (including phenoxy) is 1. The highest BCUT2D eigenvalue weighted by molar-refractivity contribution is 7.15. The van der Waals surface area contributed by atoms with Gasteiger partial charge in [0.05, 0.1) is 23.9 Å². The Labute approximate surface area is 196 Å². The lowest BCUT2D eigenvalue weighted by molar-refractivity contribution is -0.111. The zero-order valence-electron chi connectivity index (χ0n) is 17.7. The summed E-state index contributed by atoms with van der Waals surface area (Å²) in [6.45, 7) is 9.52. The second-order valence-electron chi connectivity index (χ2n) is 7.42. The van der Waals surface area contributed by atoms with Crippen LogP contribution in [0.5, 0.6) is 0 Å². The Morgan fingerprint density at radius 3 is 2.84 bits per heavy atom. The molecule has 3 aromatic rings. The van der Waals surface area contributed by atoms with Crippen LogP contribution in [0.15, 0.2) is 49.2 Å². The summed E-state index contributed by atoms with van der Waals surface area (Å²) in [7, 11) is 0. The molecule has 1 saturated heterocycles. The van der Waals surface area contributed by atoms with Gasteiger partial charge in [-0.25, -0.2) is 9.97 Å². The molecule has 0 unspecified atom stereocenters. The van der Waals surface area contributed by atoms with Gasteiger partial charge in [-0.3, -0.25) is 9.69 Å². The lowest BCUT2D eigenvalue weighted by atomic mass is 10.1. The number of nitrogens with zero attached hydrogens (tertiary/aromatic N) is 3. The summed E-state index contributed by atoms with van der Waals surface area (Å²) in [6.07, 6.45) is 3.06. The Morgan fingerprint density at radius 1 is 1.31 bits per heavy atom. The molecule has 1 aromatic carbocycles. The summed E-state index contributed by atoms with van der Waals surface area (Å²) in [5, 5.41) is 7.42. The molecule has 0 saturated carbocycles. The summed E-state index contributed by atoms with van der Waals surface area (Å²) >= 11 is 8.10. The number of aryl methyl sites for hydroxylation is 1. The third-order valence-electron chi connectivity index (χ3n) is 4.95. The third kappa shape index (κ3) is 5.72. The number of benzene rings is 1. The van der Waals surface area contributed by atoms with E-state index in [2.05, 4.69) is 27.1 Å². The predicted molar refractivity (Wildman–Crippen MR) is 130 cm³/mol. The van der Waals surface area contributed by atoms with E-state index in [9.17, 15) is 4.79 Å². The molecular formula is C23H24ClN5O2S. The number of thiazole rings is 1. The van der Waals surface area contributed by atoms with E-state index in [1.807, 2.05) is 31.3 Å². The van der Waals surface area contributed by atoms with Crippen molar-refractivity contribution in [2.75, 3.05) is 36.9 Å². The van der Waals surface area contributed by atoms with Crippen molar-refractivity contribution in [3.8, 4) is 11.3 Å². The second kappa shape index (κ2) is 10.2. The third-order valence-corrected chi connectivity index (χ3v) is 6.10. The topological polar surface area (TPSA) is 79.4 Å². The first-order valence-electron chi connectivity index (χ1n) is 10.2. The molecule has 2 aromatic heterocycles. The molecule has 1 aliphatic heterocycles. The van der Waals surface area contributed by atoms with Gasteiger partial charge in [-0.15, -0.1) is 11.3 Å². The van der Waals surface area contributed by atoms with Crippen LogP contribution in [0.2, 0.25) is 5.02 Å². The number of anilines is 3. The SMILES string of the molecule is C=CC(=O)Nc1ccc(Cl)c(-c2cc(CN3CCOCC3)cc(Nc3ncc(C)s3)n2)c1. The number of nitrogens with one attached hydrogen (secondary N) is 2. The standard InChI is InChI=1S/C23H24ClN5O2S/c1-3-22(30)26-17-4-5-19(24)18(12-17)20-10-16(14-29-6-8-31-9-7-29)11-21(27-20)28-23-25-13-15(2)32-23/h3-5,10-13H,1,6-9,14H2,2H3,(H,26,30)(H,25,27,28). The van der Waals surface area contributed by atoms with E-state index >= 15 is 0 Å². The first-order valence-corrected chi connectivity index (χ1v) is 11.4. The van der Waals surface area contributed by atoms with E-state index in [0.717, 1.165) is 54.0 Å². The van der Waals surface area contributed by atoms with E-state index < -0.39 is 0 Å². The van der Waals surface area contributed by atoms with Crippen LogP contribution in [-0.2, 0) is 16.1 Å². The Bertz CT molecular complexity index is 1130. The van der Waals surface area contributed by atoms with Gasteiger partial charge < -0.3 is 15.4 Å². The smallest absolute Gasteiger partial charge is 0.247 e. The number of carbonyl (C=O) groups is 1. The van der Waals surface area contributed by atoms with E-state index in [0.29, 0.717) is 22.2 Å². The molecule has 7 nitrogen and oxygen atoms in total. The first kappa shape index (κ1) is 22.4. The fourth-order valence-corrected chi connectivity index (χ4v) is 4.30. The second-order valence-corrected chi connectivity index (χ2v) is 9.07. The average molecular weight is 470 g/mol. The number of halogens is 1. The molecule has 1 fully saturated rings. The normalized spacial score (nSPS) is 14.2. The fourth-order valence-electron chi connectivity index (χ4n) is 3.41. The van der Waals surface area contributed by atoms with Crippen molar-refractivity contribution >= 4 is 45.5 Å². The van der Waals surface area contributed by atoms with Crippen molar-refractivity contribution in [2.24, 2.45) is 0 Å². The first-order chi connectivity index (χ1) is 15.5. The molecule has 0 atom stereocenters. The van der Waals surface area contributed by atoms with Crippen LogP contribution < -0.4 is 10.6 Å². The van der Waals surface area contributed by atoms with Crippen molar-refractivity contribution in [1.29, 1.82) is 0 Å². The highest BCUT2D eigenvalue weighted by atomic mass is 35.5. The van der Waals surface area contributed by atoms with Crippen molar-refractivity contribution < 1.29 is 9.53 Å². The molecule has 1 aliphatic rings. The summed E-state index contributed by atoms with van der Waals surface area (Å²) in [5.74, 6) is 0.408. The van der Waals surface area contributed by atoms with Gasteiger partial charge in [-0.2, -0.15) is 0 Å². The number of amides is 1. The molecule has 4 rings (SSSR count). The zero-order chi connectivity index (χ0) is 22.5. The molecule has 0 spiro atoms. The highest BCUT2D eigenvalue weighted by Crippen LogP contribution is 2.32. The Balaban J connectivity index is 1.70. The number of pyridine rings is 1. The number of rotatable bonds is 7. The molecule has 2 N–H and O–H groups in total. The van der Waals surface area contributed by atoms with E-state index in [4.69, 9.17) is 21.3 Å². The van der Waals surface area contributed by atoms with Gasteiger partial charge >= 0.3 is 0 Å². The lowest BCUT2D eigenvalue weighted by Crippen LogP contribution is -2.35. The maximum absolute atomic E-state index is 11.7. The minimum absolute atomic E-state index is 0.284. The van der Waals surface area contributed by atoms with Gasteiger partial charge in [0, 0.05) is 42.0 Å². The van der Waals surface area contributed by atoms with Crippen LogP contribution in [0, 0.1) is 6.92 Å². The van der Waals surface area contributed by atoms with Crippen molar-refractivity contribution in [3.63, 3.8) is 0 Å². The van der Waals surface area contributed by atoms with Crippen LogP contribution in [0.4, 0.5) is 16.6 Å². The van der Waals surface area contributed by atoms with Gasteiger partial charge in [0.2, 0.25) is 5.91 Å². The molecule has 0 bridgehead atoms. The number of hydrogen-bond acceptors (Lipinski definition) is 7. The molecule has 0 radical (unpaired) electrons. The number of morpholine rings is 1. The van der Waals surface area contributed by atoms with Gasteiger partial charge in [0.15, 0.2) is 5.13 Å². The van der Waals surface area contributed by atoms with E-state index in [1.54, 1.807) is 23.5 Å². The summed E-state index contributed by atoms with van der Waals surface area (Å²) in [6, 6.07) is 9.40. The van der Waals surface area contributed by atoms with Crippen LogP contribution in [-0.4, -0.2) is 47.1 Å². The maximum Gasteiger partial charge on any atom is 0.247 e. The monoisotopic (exact) mass is 469 g/mol. The zero-order valence-corrected chi connectivity index (χ0v) is 19.3. The van der Waals surface area contributed by atoms with E-state index in [-0.39, 0.29) is 5.91 Å². The van der Waals surface area contributed by atoms with Gasteiger partial charge in [-0.05, 0) is 48.9 Å². The average Bonchev–Trinajstić information content (AvgIpc) is 3.20. The largest absolute Gasteiger partial charge is 0.379 e. The number of carbonyl (C=O) groups excluding carboxylic acids is 1. The minimum Gasteiger partial charge on any atom is -0.379 e. The Morgan fingerprint density at radius 2 is 2.12 bits per heavy atom. The highest BCUT2D eigenvalue weighted by Gasteiger charge is 2.15. The minimum atomic E-state index is -0.284. The van der Waals surface area contributed by atoms with Crippen LogP contribution in [0.1, 0.15) is 10.4 Å². The van der Waals surface area contributed by atoms with E-state index in [1.165, 1.54) is 6.08 Å². The summed E-state index contributed by atoms with van der Waals surface area (Å²) < 4.78 is 5.47. The van der Waals surface area contributed by atoms with Crippen molar-refractivity contribution in [2.45, 2.75) is 13.5 Å². The Kier molecular flexibility index (Phi) is 7.16. The molecule has 1 amide bonds. The Hall–Kier alpha value is -2.78. The van der Waals surface area contributed by atoms with Crippen LogP contribution in [0.25, 0.3) is 11.3 Å². The number of aromatic nitrogens is 2. The van der Waals surface area contributed by atoms with Crippen LogP contribution in [0.3, 0.4) is 0 Å². The molecule has 32 heavy (non-hydrogen) atoms. The quantitative estimate of drug-likeness (QED) is 0.481. The van der Waals surface area contributed by atoms with Gasteiger partial charge in [0.25, 0.3) is 0 Å². The maximum atomic E-state index is 11.7. The van der Waals surface area contributed by atoms with Crippen molar-refractivity contribution in [3.05, 3.63) is 64.6 Å². The molecule has 9 heteroatoms. The molecule has 3 heterocycles. The summed E-state index contributed by atoms with van der Waals surface area (Å²) in [4.78, 5) is 24.4. The molecular weight excluding hydrogens is 446 g/mol. The van der Waals surface area contributed by atoms with Gasteiger partial charge in [0.1, 0.15) is 5.82 Å².